The van der Waals surface area contributed by atoms with Crippen molar-refractivity contribution in [1.82, 2.24) is 0 Å². The van der Waals surface area contributed by atoms with E-state index in [0.29, 0.717) is 6.42 Å². The van der Waals surface area contributed by atoms with Crippen molar-refractivity contribution in [2.45, 2.75) is 71.8 Å². The van der Waals surface area contributed by atoms with Crippen LogP contribution in [-0.4, -0.2) is 27.6 Å². The lowest BCUT2D eigenvalue weighted by atomic mass is 9.46. The van der Waals surface area contributed by atoms with Gasteiger partial charge in [-0.3, -0.25) is 14.4 Å². The quantitative estimate of drug-likeness (QED) is 0.504. The van der Waals surface area contributed by atoms with Crippen LogP contribution >= 0.6 is 12.6 Å². The van der Waals surface area contributed by atoms with Gasteiger partial charge in [-0.2, -0.15) is 0 Å². The van der Waals surface area contributed by atoms with E-state index in [2.05, 4.69) is 19.6 Å². The Morgan fingerprint density at radius 1 is 1.23 bits per heavy atom. The molecule has 4 aliphatic carbocycles. The molecule has 0 aromatic heterocycles. The molecule has 6 heteroatoms. The van der Waals surface area contributed by atoms with Gasteiger partial charge in [0.05, 0.1) is 5.41 Å². The summed E-state index contributed by atoms with van der Waals surface area (Å²) in [6.45, 7) is 7.85. The number of carbonyl (C=O) groups is 3. The maximum absolute atomic E-state index is 13.1. The molecular formula is C24H32O5S. The molecule has 0 bridgehead atoms. The van der Waals surface area contributed by atoms with Gasteiger partial charge in [0.1, 0.15) is 5.76 Å². The number of aliphatic hydroxyl groups is 1. The minimum absolute atomic E-state index is 0.0178. The first-order chi connectivity index (χ1) is 14.0. The molecule has 164 valence electrons. The van der Waals surface area contributed by atoms with Crippen molar-refractivity contribution in [3.05, 3.63) is 23.5 Å². The van der Waals surface area contributed by atoms with Crippen molar-refractivity contribution < 1.29 is 24.2 Å². The summed E-state index contributed by atoms with van der Waals surface area (Å²) in [5.41, 5.74) is -1.29. The topological polar surface area (TPSA) is 80.7 Å². The average molecular weight is 433 g/mol. The second kappa shape index (κ2) is 6.98. The number of carbonyl (C=O) groups excluding carboxylic acids is 3. The minimum atomic E-state index is -1.22. The molecule has 3 saturated carbocycles. The summed E-state index contributed by atoms with van der Waals surface area (Å²) in [6, 6.07) is 0. The Labute approximate surface area is 183 Å². The van der Waals surface area contributed by atoms with Crippen LogP contribution in [0.4, 0.5) is 0 Å². The van der Waals surface area contributed by atoms with Crippen LogP contribution in [0, 0.1) is 34.5 Å². The Morgan fingerprint density at radius 2 is 1.93 bits per heavy atom. The third-order valence-corrected chi connectivity index (χ3v) is 9.46. The molecule has 0 amide bonds. The average Bonchev–Trinajstić information content (AvgIpc) is 2.91. The smallest absolute Gasteiger partial charge is 0.306 e. The van der Waals surface area contributed by atoms with Gasteiger partial charge in [0, 0.05) is 23.8 Å². The number of thiol groups is 1. The van der Waals surface area contributed by atoms with Gasteiger partial charge in [0.2, 0.25) is 5.12 Å². The molecule has 1 N–H and O–H groups in total. The fourth-order valence-electron chi connectivity index (χ4n) is 7.59. The number of aliphatic hydroxyl groups excluding tert-OH is 1. The van der Waals surface area contributed by atoms with Crippen LogP contribution in [0.2, 0.25) is 0 Å². The minimum Gasteiger partial charge on any atom is -0.508 e. The van der Waals surface area contributed by atoms with Crippen LogP contribution in [0.3, 0.4) is 0 Å². The van der Waals surface area contributed by atoms with Gasteiger partial charge in [0.25, 0.3) is 0 Å². The fraction of sp³-hybridized carbons (Fsp3) is 0.708. The van der Waals surface area contributed by atoms with Crippen molar-refractivity contribution in [1.29, 1.82) is 0 Å². The van der Waals surface area contributed by atoms with E-state index in [9.17, 15) is 19.5 Å². The number of esters is 1. The zero-order chi connectivity index (χ0) is 22.1. The maximum atomic E-state index is 13.1. The van der Waals surface area contributed by atoms with Gasteiger partial charge in [-0.15, -0.1) is 12.6 Å². The van der Waals surface area contributed by atoms with E-state index in [4.69, 9.17) is 4.74 Å². The number of rotatable bonds is 3. The highest BCUT2D eigenvalue weighted by Gasteiger charge is 2.71. The molecule has 0 heterocycles. The first-order valence-electron chi connectivity index (χ1n) is 11.1. The predicted molar refractivity (Wildman–Crippen MR) is 116 cm³/mol. The summed E-state index contributed by atoms with van der Waals surface area (Å²) >= 11 is 4.24. The van der Waals surface area contributed by atoms with Crippen LogP contribution < -0.4 is 0 Å². The van der Waals surface area contributed by atoms with Gasteiger partial charge in [-0.05, 0) is 62.9 Å². The van der Waals surface area contributed by atoms with Crippen LogP contribution in [0.25, 0.3) is 0 Å². The largest absolute Gasteiger partial charge is 0.508 e. The van der Waals surface area contributed by atoms with E-state index in [1.807, 2.05) is 13.8 Å². The summed E-state index contributed by atoms with van der Waals surface area (Å²) < 4.78 is 5.96. The summed E-state index contributed by atoms with van der Waals surface area (Å²) in [5, 5.41) is 9.60. The van der Waals surface area contributed by atoms with Crippen molar-refractivity contribution in [2.75, 3.05) is 0 Å². The third-order valence-electron chi connectivity index (χ3n) is 9.13. The van der Waals surface area contributed by atoms with E-state index in [0.717, 1.165) is 31.3 Å². The first kappa shape index (κ1) is 21.7. The van der Waals surface area contributed by atoms with Gasteiger partial charge in [0.15, 0.2) is 11.4 Å². The highest BCUT2D eigenvalue weighted by molar-refractivity contribution is 7.96. The Hall–Kier alpha value is -1.56. The molecule has 5 nitrogen and oxygen atoms in total. The van der Waals surface area contributed by atoms with Crippen molar-refractivity contribution in [3.63, 3.8) is 0 Å². The lowest BCUT2D eigenvalue weighted by molar-refractivity contribution is -0.190. The molecule has 7 atom stereocenters. The van der Waals surface area contributed by atoms with Gasteiger partial charge >= 0.3 is 5.97 Å². The van der Waals surface area contributed by atoms with Crippen LogP contribution in [-0.2, 0) is 19.1 Å². The van der Waals surface area contributed by atoms with Crippen LogP contribution in [0.1, 0.15) is 66.2 Å². The molecular weight excluding hydrogens is 400 g/mol. The van der Waals surface area contributed by atoms with Crippen molar-refractivity contribution in [3.8, 4) is 0 Å². The lowest BCUT2D eigenvalue weighted by Gasteiger charge is -2.58. The fourth-order valence-corrected chi connectivity index (χ4v) is 8.11. The van der Waals surface area contributed by atoms with E-state index < -0.39 is 16.4 Å². The highest BCUT2D eigenvalue weighted by Crippen LogP contribution is 2.69. The van der Waals surface area contributed by atoms with Gasteiger partial charge in [-0.25, -0.2) is 0 Å². The van der Waals surface area contributed by atoms with Crippen LogP contribution in [0.15, 0.2) is 23.5 Å². The summed E-state index contributed by atoms with van der Waals surface area (Å²) in [4.78, 5) is 38.3. The standard InChI is InChI=1S/C24H32O5S/c1-5-20(27)29-24(21(28)30)13(2)10-18-16-7-6-14-11-15(25)12-19(26)23(14,4)17(16)8-9-22(18,24)3/h11-13,16-18,25H,5-10H2,1-4H3,(H,28,30)/t13?,16-,17+,18+,22+,23+,24?/m1/s1. The predicted octanol–water partition coefficient (Wildman–Crippen LogP) is 4.57. The maximum Gasteiger partial charge on any atom is 0.306 e. The van der Waals surface area contributed by atoms with Crippen LogP contribution in [0.5, 0.6) is 0 Å². The zero-order valence-corrected chi connectivity index (χ0v) is 19.1. The van der Waals surface area contributed by atoms with Crippen molar-refractivity contribution >= 4 is 29.5 Å². The molecule has 0 aromatic rings. The molecule has 30 heavy (non-hydrogen) atoms. The van der Waals surface area contributed by atoms with Gasteiger partial charge < -0.3 is 9.84 Å². The number of fused-ring (bicyclic) bond motifs is 5. The van der Waals surface area contributed by atoms with E-state index >= 15 is 0 Å². The summed E-state index contributed by atoms with van der Waals surface area (Å²) in [7, 11) is 0. The number of hydrogen-bond acceptors (Lipinski definition) is 5. The second-order valence-electron chi connectivity index (χ2n) is 10.2. The lowest BCUT2D eigenvalue weighted by Crippen LogP contribution is -2.60. The SMILES string of the molecule is CCC(=O)OC1(C(=O)S)C(C)C[C@H]2[C@@H]3CCC4=CC(O)=CC(=O)[C@]4(C)[C@H]3CC[C@@]21C. The van der Waals surface area contributed by atoms with E-state index in [1.165, 1.54) is 6.08 Å². The first-order valence-corrected chi connectivity index (χ1v) is 11.6. The third kappa shape index (κ3) is 2.58. The normalized spacial score (nSPS) is 44.9. The molecule has 0 saturated heterocycles. The van der Waals surface area contributed by atoms with Crippen molar-refractivity contribution in [2.24, 2.45) is 34.5 Å². The zero-order valence-electron chi connectivity index (χ0n) is 18.2. The Balaban J connectivity index is 1.75. The molecule has 4 rings (SSSR count). The molecule has 0 spiro atoms. The molecule has 3 fully saturated rings. The number of allylic oxidation sites excluding steroid dienone is 3. The molecule has 0 aromatic carbocycles. The highest BCUT2D eigenvalue weighted by atomic mass is 32.1. The Kier molecular flexibility index (Phi) is 5.04. The van der Waals surface area contributed by atoms with E-state index in [1.54, 1.807) is 13.0 Å². The second-order valence-corrected chi connectivity index (χ2v) is 10.6. The molecule has 4 aliphatic rings. The summed E-state index contributed by atoms with van der Waals surface area (Å²) in [6.07, 6.45) is 7.31. The Bertz CT molecular complexity index is 875. The van der Waals surface area contributed by atoms with Gasteiger partial charge in [-0.1, -0.05) is 26.3 Å². The van der Waals surface area contributed by atoms with E-state index in [-0.39, 0.29) is 52.7 Å². The monoisotopic (exact) mass is 432 g/mol. The Morgan fingerprint density at radius 3 is 2.57 bits per heavy atom. The summed E-state index contributed by atoms with van der Waals surface area (Å²) in [5.74, 6) is 0.147. The molecule has 0 radical (unpaired) electrons. The molecule has 0 aliphatic heterocycles. The number of ether oxygens (including phenoxy) is 1. The number of hydrogen-bond donors (Lipinski definition) is 2. The number of ketones is 1. The molecule has 2 unspecified atom stereocenters.